The first-order valence-electron chi connectivity index (χ1n) is 5.18. The van der Waals surface area contributed by atoms with Gasteiger partial charge in [-0.1, -0.05) is 6.07 Å². The molecule has 0 aliphatic carbocycles. The summed E-state index contributed by atoms with van der Waals surface area (Å²) in [7, 11) is 3.21. The maximum atomic E-state index is 10.9. The van der Waals surface area contributed by atoms with E-state index in [-0.39, 0.29) is 5.91 Å². The van der Waals surface area contributed by atoms with E-state index in [9.17, 15) is 4.79 Å². The number of rotatable bonds is 6. The van der Waals surface area contributed by atoms with Crippen LogP contribution in [-0.4, -0.2) is 20.1 Å². The van der Waals surface area contributed by atoms with Gasteiger partial charge in [0.25, 0.3) is 0 Å². The van der Waals surface area contributed by atoms with Crippen molar-refractivity contribution in [3.63, 3.8) is 0 Å². The Hall–Kier alpha value is -1.63. The van der Waals surface area contributed by atoms with Crippen molar-refractivity contribution in [3.05, 3.63) is 23.8 Å². The van der Waals surface area contributed by atoms with Crippen LogP contribution in [0.2, 0.25) is 0 Å². The lowest BCUT2D eigenvalue weighted by Crippen LogP contribution is -2.26. The van der Waals surface area contributed by atoms with Gasteiger partial charge < -0.3 is 10.2 Å². The average Bonchev–Trinajstić information content (AvgIpc) is 2.28. The Balaban J connectivity index is 2.86. The Bertz CT molecular complexity index is 382. The van der Waals surface area contributed by atoms with Crippen LogP contribution in [0.25, 0.3) is 0 Å². The minimum atomic E-state index is -0.130. The Morgan fingerprint density at radius 1 is 1.41 bits per heavy atom. The maximum absolute atomic E-state index is 10.9. The molecule has 0 spiro atoms. The van der Waals surface area contributed by atoms with E-state index in [1.54, 1.807) is 19.2 Å². The topological polar surface area (TPSA) is 71.6 Å². The summed E-state index contributed by atoms with van der Waals surface area (Å²) >= 11 is 0. The third-order valence-electron chi connectivity index (χ3n) is 2.02. The van der Waals surface area contributed by atoms with Gasteiger partial charge in [-0.3, -0.25) is 15.6 Å². The van der Waals surface area contributed by atoms with Crippen molar-refractivity contribution in [1.82, 2.24) is 10.9 Å². The second-order valence-electron chi connectivity index (χ2n) is 3.36. The molecular weight excluding hydrogens is 222 g/mol. The molecule has 0 aromatic heterocycles. The van der Waals surface area contributed by atoms with E-state index < -0.39 is 0 Å². The Labute approximate surface area is 100 Å². The number of hydrogen-bond acceptors (Lipinski definition) is 5. The zero-order valence-corrected chi connectivity index (χ0v) is 10.2. The molecule has 0 unspecified atom stereocenters. The molecule has 0 atom stereocenters. The highest BCUT2D eigenvalue weighted by atomic mass is 17.2. The second-order valence-corrected chi connectivity index (χ2v) is 3.36. The largest absolute Gasteiger partial charge is 0.337 e. The van der Waals surface area contributed by atoms with E-state index in [1.165, 1.54) is 14.0 Å². The van der Waals surface area contributed by atoms with Gasteiger partial charge in [0, 0.05) is 30.8 Å². The van der Waals surface area contributed by atoms with Gasteiger partial charge in [0.15, 0.2) is 5.75 Å². The molecular formula is C11H17N3O3. The van der Waals surface area contributed by atoms with Crippen LogP contribution in [-0.2, 0) is 16.2 Å². The molecule has 0 fully saturated rings. The number of benzene rings is 1. The van der Waals surface area contributed by atoms with E-state index in [1.807, 2.05) is 6.07 Å². The zero-order valence-electron chi connectivity index (χ0n) is 10.2. The Kier molecular flexibility index (Phi) is 5.41. The molecule has 0 bridgehead atoms. The number of hydrazine groups is 1. The van der Waals surface area contributed by atoms with Gasteiger partial charge in [-0.05, 0) is 13.1 Å². The summed E-state index contributed by atoms with van der Waals surface area (Å²) in [5, 5.41) is 2.68. The summed E-state index contributed by atoms with van der Waals surface area (Å²) < 4.78 is 0. The molecule has 0 aliphatic rings. The summed E-state index contributed by atoms with van der Waals surface area (Å²) in [6.07, 6.45) is 0. The van der Waals surface area contributed by atoms with Crippen LogP contribution in [0.3, 0.4) is 0 Å². The lowest BCUT2D eigenvalue weighted by Gasteiger charge is -2.11. The molecule has 0 aliphatic heterocycles. The van der Waals surface area contributed by atoms with Gasteiger partial charge in [-0.15, -0.1) is 0 Å². The standard InChI is InChI=1S/C11H17N3O3/c1-8(15)14-10-5-4-9(7-13-12-2)11(6-10)17-16-3/h4-6,12-13H,7H2,1-3H3,(H,14,15). The van der Waals surface area contributed by atoms with Crippen molar-refractivity contribution in [2.75, 3.05) is 19.5 Å². The van der Waals surface area contributed by atoms with Gasteiger partial charge in [0.1, 0.15) is 0 Å². The Morgan fingerprint density at radius 2 is 2.18 bits per heavy atom. The fourth-order valence-corrected chi connectivity index (χ4v) is 1.33. The van der Waals surface area contributed by atoms with Crippen LogP contribution >= 0.6 is 0 Å². The highest BCUT2D eigenvalue weighted by Crippen LogP contribution is 2.23. The average molecular weight is 239 g/mol. The molecule has 1 aromatic carbocycles. The molecule has 0 heterocycles. The molecule has 0 saturated heterocycles. The third kappa shape index (κ3) is 4.39. The van der Waals surface area contributed by atoms with Crippen molar-refractivity contribution in [2.24, 2.45) is 0 Å². The lowest BCUT2D eigenvalue weighted by atomic mass is 10.2. The molecule has 0 saturated carbocycles. The van der Waals surface area contributed by atoms with Crippen LogP contribution in [0.15, 0.2) is 18.2 Å². The van der Waals surface area contributed by atoms with Gasteiger partial charge in [0.05, 0.1) is 7.11 Å². The van der Waals surface area contributed by atoms with Crippen LogP contribution in [0.5, 0.6) is 5.75 Å². The number of amides is 1. The molecule has 0 radical (unpaired) electrons. The van der Waals surface area contributed by atoms with Crippen LogP contribution < -0.4 is 21.1 Å². The van der Waals surface area contributed by atoms with Gasteiger partial charge >= 0.3 is 0 Å². The van der Waals surface area contributed by atoms with Crippen LogP contribution in [0.4, 0.5) is 5.69 Å². The third-order valence-corrected chi connectivity index (χ3v) is 2.02. The second kappa shape index (κ2) is 6.85. The fourth-order valence-electron chi connectivity index (χ4n) is 1.33. The minimum absolute atomic E-state index is 0.130. The molecule has 1 amide bonds. The fraction of sp³-hybridized carbons (Fsp3) is 0.364. The zero-order chi connectivity index (χ0) is 12.7. The van der Waals surface area contributed by atoms with E-state index in [0.717, 1.165) is 5.56 Å². The first-order valence-corrected chi connectivity index (χ1v) is 5.18. The van der Waals surface area contributed by atoms with Gasteiger partial charge in [-0.25, -0.2) is 0 Å². The summed E-state index contributed by atoms with van der Waals surface area (Å²) in [5.41, 5.74) is 7.34. The first-order chi connectivity index (χ1) is 8.17. The van der Waals surface area contributed by atoms with Crippen molar-refractivity contribution in [3.8, 4) is 5.75 Å². The molecule has 6 nitrogen and oxygen atoms in total. The number of carbonyl (C=O) groups is 1. The Morgan fingerprint density at radius 3 is 2.76 bits per heavy atom. The van der Waals surface area contributed by atoms with E-state index in [0.29, 0.717) is 18.0 Å². The van der Waals surface area contributed by atoms with Crippen molar-refractivity contribution in [2.45, 2.75) is 13.5 Å². The predicted molar refractivity (Wildman–Crippen MR) is 64.3 cm³/mol. The monoisotopic (exact) mass is 239 g/mol. The summed E-state index contributed by atoms with van der Waals surface area (Å²) in [6.45, 7) is 2.03. The van der Waals surface area contributed by atoms with Crippen LogP contribution in [0.1, 0.15) is 12.5 Å². The number of carbonyl (C=O) groups excluding carboxylic acids is 1. The van der Waals surface area contributed by atoms with Gasteiger partial charge in [0.2, 0.25) is 5.91 Å². The summed E-state index contributed by atoms with van der Waals surface area (Å²) in [6, 6.07) is 5.36. The number of nitrogens with one attached hydrogen (secondary N) is 3. The van der Waals surface area contributed by atoms with Crippen LogP contribution in [0, 0.1) is 0 Å². The molecule has 1 rings (SSSR count). The normalized spacial score (nSPS) is 10.1. The van der Waals surface area contributed by atoms with E-state index >= 15 is 0 Å². The quantitative estimate of drug-likeness (QED) is 0.506. The number of hydrogen-bond donors (Lipinski definition) is 3. The summed E-state index contributed by atoms with van der Waals surface area (Å²) in [5.74, 6) is 0.427. The van der Waals surface area contributed by atoms with E-state index in [2.05, 4.69) is 21.1 Å². The lowest BCUT2D eigenvalue weighted by molar-refractivity contribution is -0.178. The summed E-state index contributed by atoms with van der Waals surface area (Å²) in [4.78, 5) is 20.6. The smallest absolute Gasteiger partial charge is 0.221 e. The first kappa shape index (κ1) is 13.4. The maximum Gasteiger partial charge on any atom is 0.221 e. The minimum Gasteiger partial charge on any atom is -0.337 e. The predicted octanol–water partition coefficient (Wildman–Crippen LogP) is 0.809. The van der Waals surface area contributed by atoms with Crippen molar-refractivity contribution in [1.29, 1.82) is 0 Å². The highest BCUT2D eigenvalue weighted by molar-refractivity contribution is 5.88. The highest BCUT2D eigenvalue weighted by Gasteiger charge is 2.06. The molecule has 17 heavy (non-hydrogen) atoms. The SMILES string of the molecule is CNNCc1ccc(NC(C)=O)cc1OOC. The number of anilines is 1. The van der Waals surface area contributed by atoms with Crippen molar-refractivity contribution < 1.29 is 14.6 Å². The molecule has 1 aromatic rings. The van der Waals surface area contributed by atoms with E-state index in [4.69, 9.17) is 4.89 Å². The molecule has 94 valence electrons. The molecule has 6 heteroatoms. The van der Waals surface area contributed by atoms with Gasteiger partial charge in [-0.2, -0.15) is 4.89 Å². The van der Waals surface area contributed by atoms with Crippen molar-refractivity contribution >= 4 is 11.6 Å². The molecule has 3 N–H and O–H groups in total.